The standard InChI is InChI=1S/C23H24F2N4O3/c1-13(2)19(26-21(30)18-16(24)11-8-12-17(18)25)22(31)27-20-14(3)28(4)29(23(20)32)15-9-6-5-7-10-15/h5-13,19H,1-4H3,(H,26,30)(H,27,31). The maximum Gasteiger partial charge on any atom is 0.295 e. The van der Waals surface area contributed by atoms with Crippen molar-refractivity contribution in [1.82, 2.24) is 14.7 Å². The largest absolute Gasteiger partial charge is 0.340 e. The SMILES string of the molecule is Cc1c(NC(=O)C(NC(=O)c2c(F)cccc2F)C(C)C)c(=O)n(-c2ccccc2)n1C. The van der Waals surface area contributed by atoms with E-state index in [0.717, 1.165) is 18.2 Å². The first-order chi connectivity index (χ1) is 15.1. The van der Waals surface area contributed by atoms with Gasteiger partial charge in [-0.1, -0.05) is 38.1 Å². The van der Waals surface area contributed by atoms with E-state index in [1.54, 1.807) is 56.8 Å². The van der Waals surface area contributed by atoms with Crippen molar-refractivity contribution in [1.29, 1.82) is 0 Å². The van der Waals surface area contributed by atoms with E-state index in [-0.39, 0.29) is 5.69 Å². The van der Waals surface area contributed by atoms with Crippen LogP contribution in [-0.4, -0.2) is 27.2 Å². The second-order valence-corrected chi connectivity index (χ2v) is 7.72. The van der Waals surface area contributed by atoms with Crippen molar-refractivity contribution >= 4 is 17.5 Å². The molecule has 32 heavy (non-hydrogen) atoms. The van der Waals surface area contributed by atoms with Crippen LogP contribution in [0.25, 0.3) is 5.69 Å². The molecule has 0 fully saturated rings. The van der Waals surface area contributed by atoms with Gasteiger partial charge in [-0.25, -0.2) is 13.5 Å². The zero-order chi connectivity index (χ0) is 23.6. The molecule has 2 aromatic carbocycles. The number of halogens is 2. The number of benzene rings is 2. The number of carbonyl (C=O) groups is 2. The van der Waals surface area contributed by atoms with Crippen molar-refractivity contribution in [3.63, 3.8) is 0 Å². The van der Waals surface area contributed by atoms with Crippen LogP contribution < -0.4 is 16.2 Å². The maximum absolute atomic E-state index is 14.0. The Kier molecular flexibility index (Phi) is 6.57. The summed E-state index contributed by atoms with van der Waals surface area (Å²) in [6.07, 6.45) is 0. The number of nitrogens with one attached hydrogen (secondary N) is 2. The van der Waals surface area contributed by atoms with Crippen LogP contribution in [-0.2, 0) is 11.8 Å². The summed E-state index contributed by atoms with van der Waals surface area (Å²) in [5.74, 6) is -4.21. The van der Waals surface area contributed by atoms with Crippen molar-refractivity contribution in [2.75, 3.05) is 5.32 Å². The van der Waals surface area contributed by atoms with Gasteiger partial charge in [-0.2, -0.15) is 0 Å². The minimum atomic E-state index is -1.13. The molecule has 1 atom stereocenters. The lowest BCUT2D eigenvalue weighted by molar-refractivity contribution is -0.118. The maximum atomic E-state index is 14.0. The van der Waals surface area contributed by atoms with Crippen molar-refractivity contribution in [3.05, 3.63) is 81.8 Å². The van der Waals surface area contributed by atoms with Gasteiger partial charge >= 0.3 is 0 Å². The Balaban J connectivity index is 1.89. The Morgan fingerprint density at radius 2 is 1.56 bits per heavy atom. The summed E-state index contributed by atoms with van der Waals surface area (Å²) in [7, 11) is 1.68. The molecule has 2 amide bonds. The van der Waals surface area contributed by atoms with E-state index in [9.17, 15) is 23.2 Å². The highest BCUT2D eigenvalue weighted by molar-refractivity contribution is 6.01. The number of hydrogen-bond donors (Lipinski definition) is 2. The summed E-state index contributed by atoms with van der Waals surface area (Å²) >= 11 is 0. The van der Waals surface area contributed by atoms with E-state index in [1.807, 2.05) is 6.07 Å². The Hall–Kier alpha value is -3.75. The topological polar surface area (TPSA) is 85.1 Å². The molecule has 0 bridgehead atoms. The minimum Gasteiger partial charge on any atom is -0.340 e. The lowest BCUT2D eigenvalue weighted by atomic mass is 10.0. The van der Waals surface area contributed by atoms with Gasteiger partial charge < -0.3 is 10.6 Å². The molecule has 0 spiro atoms. The number of amides is 2. The van der Waals surface area contributed by atoms with E-state index in [4.69, 9.17) is 0 Å². The van der Waals surface area contributed by atoms with Crippen LogP contribution >= 0.6 is 0 Å². The summed E-state index contributed by atoms with van der Waals surface area (Å²) in [5, 5.41) is 4.96. The van der Waals surface area contributed by atoms with Crippen molar-refractivity contribution in [2.24, 2.45) is 13.0 Å². The van der Waals surface area contributed by atoms with E-state index < -0.39 is 46.5 Å². The summed E-state index contributed by atoms with van der Waals surface area (Å²) in [6, 6.07) is 10.8. The van der Waals surface area contributed by atoms with Gasteiger partial charge in [-0.3, -0.25) is 19.1 Å². The Bertz CT molecular complexity index is 1200. The normalized spacial score (nSPS) is 12.0. The second-order valence-electron chi connectivity index (χ2n) is 7.72. The average molecular weight is 442 g/mol. The fourth-order valence-corrected chi connectivity index (χ4v) is 3.38. The minimum absolute atomic E-state index is 0.0540. The first kappa shape index (κ1) is 22.9. The number of anilines is 1. The molecule has 7 nitrogen and oxygen atoms in total. The predicted molar refractivity (Wildman–Crippen MR) is 117 cm³/mol. The number of nitrogens with zero attached hydrogens (tertiary/aromatic N) is 2. The van der Waals surface area contributed by atoms with Gasteiger partial charge in [-0.05, 0) is 37.1 Å². The number of hydrogen-bond acceptors (Lipinski definition) is 3. The monoisotopic (exact) mass is 442 g/mol. The molecule has 3 rings (SSSR count). The molecule has 9 heteroatoms. The number of aromatic nitrogens is 2. The quantitative estimate of drug-likeness (QED) is 0.615. The molecular weight excluding hydrogens is 418 g/mol. The van der Waals surface area contributed by atoms with Crippen molar-refractivity contribution < 1.29 is 18.4 Å². The molecule has 0 saturated carbocycles. The first-order valence-corrected chi connectivity index (χ1v) is 10.0. The first-order valence-electron chi connectivity index (χ1n) is 10.0. The molecule has 0 aliphatic rings. The average Bonchev–Trinajstić information content (AvgIpc) is 2.95. The number of para-hydroxylation sites is 1. The van der Waals surface area contributed by atoms with Crippen LogP contribution in [0, 0.1) is 24.5 Å². The molecule has 1 unspecified atom stereocenters. The van der Waals surface area contributed by atoms with Gasteiger partial charge in [0, 0.05) is 7.05 Å². The van der Waals surface area contributed by atoms with Gasteiger partial charge in [0.05, 0.1) is 11.4 Å². The van der Waals surface area contributed by atoms with Gasteiger partial charge in [0.25, 0.3) is 11.5 Å². The van der Waals surface area contributed by atoms with Crippen LogP contribution in [0.3, 0.4) is 0 Å². The summed E-state index contributed by atoms with van der Waals surface area (Å²) in [6.45, 7) is 5.01. The van der Waals surface area contributed by atoms with E-state index >= 15 is 0 Å². The zero-order valence-electron chi connectivity index (χ0n) is 18.1. The Morgan fingerprint density at radius 3 is 2.12 bits per heavy atom. The van der Waals surface area contributed by atoms with Crippen LogP contribution in [0.2, 0.25) is 0 Å². The van der Waals surface area contributed by atoms with Gasteiger partial charge in [0.1, 0.15) is 28.9 Å². The molecule has 168 valence electrons. The molecule has 0 saturated heterocycles. The molecule has 1 aromatic heterocycles. The summed E-state index contributed by atoms with van der Waals surface area (Å²) in [4.78, 5) is 38.5. The Morgan fingerprint density at radius 1 is 0.969 bits per heavy atom. The van der Waals surface area contributed by atoms with Gasteiger partial charge in [-0.15, -0.1) is 0 Å². The smallest absolute Gasteiger partial charge is 0.295 e. The van der Waals surface area contributed by atoms with Crippen LogP contribution in [0.4, 0.5) is 14.5 Å². The highest BCUT2D eigenvalue weighted by Gasteiger charge is 2.29. The number of carbonyl (C=O) groups excluding carboxylic acids is 2. The number of rotatable bonds is 6. The molecule has 0 aliphatic heterocycles. The van der Waals surface area contributed by atoms with Gasteiger partial charge in [0.2, 0.25) is 5.91 Å². The second kappa shape index (κ2) is 9.17. The van der Waals surface area contributed by atoms with E-state index in [2.05, 4.69) is 10.6 Å². The Labute approximate surface area is 183 Å². The van der Waals surface area contributed by atoms with E-state index in [0.29, 0.717) is 11.4 Å². The molecule has 1 heterocycles. The third-order valence-corrected chi connectivity index (χ3v) is 5.23. The third kappa shape index (κ3) is 4.32. The summed E-state index contributed by atoms with van der Waals surface area (Å²) in [5.41, 5.74) is -0.0429. The van der Waals surface area contributed by atoms with Crippen molar-refractivity contribution in [2.45, 2.75) is 26.8 Å². The van der Waals surface area contributed by atoms with Crippen LogP contribution in [0.5, 0.6) is 0 Å². The molecular formula is C23H24F2N4O3. The summed E-state index contributed by atoms with van der Waals surface area (Å²) < 4.78 is 30.9. The van der Waals surface area contributed by atoms with Crippen LogP contribution in [0.15, 0.2) is 53.3 Å². The van der Waals surface area contributed by atoms with Gasteiger partial charge in [0.15, 0.2) is 0 Å². The fraction of sp³-hybridized carbons (Fsp3) is 0.261. The molecule has 0 radical (unpaired) electrons. The van der Waals surface area contributed by atoms with Crippen molar-refractivity contribution in [3.8, 4) is 5.69 Å². The highest BCUT2D eigenvalue weighted by Crippen LogP contribution is 2.17. The lowest BCUT2D eigenvalue weighted by Gasteiger charge is -2.21. The third-order valence-electron chi connectivity index (χ3n) is 5.23. The van der Waals surface area contributed by atoms with Crippen LogP contribution in [0.1, 0.15) is 29.9 Å². The lowest BCUT2D eigenvalue weighted by Crippen LogP contribution is -2.48. The fourth-order valence-electron chi connectivity index (χ4n) is 3.38. The molecule has 2 N–H and O–H groups in total. The molecule has 3 aromatic rings. The molecule has 0 aliphatic carbocycles. The predicted octanol–water partition coefficient (Wildman–Crippen LogP) is 3.16. The highest BCUT2D eigenvalue weighted by atomic mass is 19.1. The van der Waals surface area contributed by atoms with E-state index in [1.165, 1.54) is 4.68 Å². The zero-order valence-corrected chi connectivity index (χ0v) is 18.1.